The highest BCUT2D eigenvalue weighted by molar-refractivity contribution is 6.01. The fourth-order valence-electron chi connectivity index (χ4n) is 10.6. The number of nitrogens with zero attached hydrogens (tertiary/aromatic N) is 2. The molecule has 0 saturated carbocycles. The Morgan fingerprint density at radius 2 is 1.08 bits per heavy atom. The molecule has 2 heterocycles. The van der Waals surface area contributed by atoms with Crippen LogP contribution in [0.5, 0.6) is 0 Å². The summed E-state index contributed by atoms with van der Waals surface area (Å²) in [5.41, 5.74) is 21.9. The van der Waals surface area contributed by atoms with Crippen molar-refractivity contribution in [3.8, 4) is 33.4 Å². The lowest BCUT2D eigenvalue weighted by atomic mass is 9.82. The molecule has 0 radical (unpaired) electrons. The Bertz CT molecular complexity index is 3190. The van der Waals surface area contributed by atoms with E-state index in [1.165, 1.54) is 83.6 Å². The van der Waals surface area contributed by atoms with E-state index in [1.807, 2.05) is 0 Å². The molecule has 3 aliphatic rings. The van der Waals surface area contributed by atoms with Gasteiger partial charge < -0.3 is 14.2 Å². The maximum atomic E-state index is 6.60. The number of hydrogen-bond acceptors (Lipinski definition) is 3. The molecule has 8 aromatic carbocycles. The van der Waals surface area contributed by atoms with Gasteiger partial charge >= 0.3 is 0 Å². The second kappa shape index (κ2) is 12.7. The largest absolute Gasteiger partial charge is 0.459 e. The third kappa shape index (κ3) is 5.02. The van der Waals surface area contributed by atoms with Crippen molar-refractivity contribution in [3.63, 3.8) is 0 Å². The summed E-state index contributed by atoms with van der Waals surface area (Å²) in [6, 6.07) is 67.1. The molecule has 3 nitrogen and oxygen atoms in total. The highest BCUT2D eigenvalue weighted by atomic mass is 16.3. The van der Waals surface area contributed by atoms with Crippen LogP contribution < -0.4 is 9.80 Å². The topological polar surface area (TPSA) is 19.6 Å². The zero-order chi connectivity index (χ0) is 40.3. The SMILES string of the molecule is CC1(C)c2ccccc2-c2ccc(N(c3ccc(-c4ccc5c(c4)Cc4ccccc4N5c4ccccc4)cc3)c3ccc4c(c3)C(C)(C)c3oc5ccccc5c3-4)cc21. The molecule has 0 amide bonds. The van der Waals surface area contributed by atoms with E-state index >= 15 is 0 Å². The van der Waals surface area contributed by atoms with Gasteiger partial charge in [0.05, 0.1) is 0 Å². The third-order valence-corrected chi connectivity index (χ3v) is 13.6. The van der Waals surface area contributed by atoms with Crippen LogP contribution >= 0.6 is 0 Å². The Morgan fingerprint density at radius 1 is 0.467 bits per heavy atom. The van der Waals surface area contributed by atoms with Gasteiger partial charge in [0.2, 0.25) is 0 Å². The molecule has 3 heteroatoms. The van der Waals surface area contributed by atoms with E-state index in [2.05, 4.69) is 219 Å². The maximum Gasteiger partial charge on any atom is 0.134 e. The number of anilines is 6. The molecule has 1 aromatic heterocycles. The summed E-state index contributed by atoms with van der Waals surface area (Å²) < 4.78 is 6.60. The summed E-state index contributed by atoms with van der Waals surface area (Å²) in [6.45, 7) is 9.32. The first-order valence-corrected chi connectivity index (χ1v) is 21.1. The summed E-state index contributed by atoms with van der Waals surface area (Å²) in [6.07, 6.45) is 0.899. The summed E-state index contributed by atoms with van der Waals surface area (Å²) in [7, 11) is 0. The minimum Gasteiger partial charge on any atom is -0.459 e. The van der Waals surface area contributed by atoms with Gasteiger partial charge in [-0.2, -0.15) is 0 Å². The molecule has 0 atom stereocenters. The van der Waals surface area contributed by atoms with Crippen LogP contribution in [-0.4, -0.2) is 0 Å². The lowest BCUT2D eigenvalue weighted by Crippen LogP contribution is -2.18. The molecule has 0 spiro atoms. The van der Waals surface area contributed by atoms with E-state index in [4.69, 9.17) is 4.42 Å². The average Bonchev–Trinajstić information content (AvgIpc) is 3.86. The second-order valence-electron chi connectivity index (χ2n) is 17.8. The van der Waals surface area contributed by atoms with Crippen molar-refractivity contribution >= 4 is 45.1 Å². The number of hydrogen-bond donors (Lipinski definition) is 0. The molecule has 2 aliphatic carbocycles. The fraction of sp³-hybridized carbons (Fsp3) is 0.123. The highest BCUT2D eigenvalue weighted by Gasteiger charge is 2.41. The second-order valence-corrected chi connectivity index (χ2v) is 17.8. The molecule has 288 valence electrons. The van der Waals surface area contributed by atoms with Gasteiger partial charge in [0.1, 0.15) is 11.3 Å². The molecule has 1 aliphatic heterocycles. The van der Waals surface area contributed by atoms with Gasteiger partial charge in [0.15, 0.2) is 0 Å². The van der Waals surface area contributed by atoms with Gasteiger partial charge in [-0.25, -0.2) is 0 Å². The number of fused-ring (bicyclic) bond motifs is 10. The summed E-state index contributed by atoms with van der Waals surface area (Å²) in [4.78, 5) is 4.85. The standard InChI is InChI=1S/C57H44N2O/c1-56(2)48-19-11-9-17-44(48)45-29-27-42(34-49(45)56)58(43-28-30-46-50(35-43)57(3,4)55-54(46)47-18-10-13-21-53(47)60-55)41-25-22-36(23-26-41)37-24-31-52-39(32-37)33-38-14-8-12-20-51(38)59(52)40-15-6-5-7-16-40/h5-32,34-35H,33H2,1-4H3. The quantitative estimate of drug-likeness (QED) is 0.174. The van der Waals surface area contributed by atoms with Crippen molar-refractivity contribution in [3.05, 3.63) is 216 Å². The van der Waals surface area contributed by atoms with Crippen LogP contribution in [0.15, 0.2) is 186 Å². The van der Waals surface area contributed by atoms with E-state index < -0.39 is 0 Å². The summed E-state index contributed by atoms with van der Waals surface area (Å²) >= 11 is 0. The molecular formula is C57H44N2O. The van der Waals surface area contributed by atoms with Crippen LogP contribution in [-0.2, 0) is 17.3 Å². The summed E-state index contributed by atoms with van der Waals surface area (Å²) in [5, 5.41) is 1.18. The minimum atomic E-state index is -0.292. The first-order chi connectivity index (χ1) is 29.3. The van der Waals surface area contributed by atoms with Gasteiger partial charge in [-0.05, 0) is 142 Å². The number of para-hydroxylation sites is 3. The number of furan rings is 1. The van der Waals surface area contributed by atoms with E-state index in [1.54, 1.807) is 0 Å². The van der Waals surface area contributed by atoms with Gasteiger partial charge in [-0.15, -0.1) is 0 Å². The molecule has 0 N–H and O–H groups in total. The van der Waals surface area contributed by atoms with Gasteiger partial charge in [0.25, 0.3) is 0 Å². The number of benzene rings is 8. The van der Waals surface area contributed by atoms with Gasteiger partial charge in [0, 0.05) is 62.3 Å². The molecule has 60 heavy (non-hydrogen) atoms. The van der Waals surface area contributed by atoms with Crippen LogP contribution in [0.25, 0.3) is 44.3 Å². The Labute approximate surface area is 351 Å². The van der Waals surface area contributed by atoms with E-state index in [-0.39, 0.29) is 10.8 Å². The normalized spacial score (nSPS) is 14.8. The van der Waals surface area contributed by atoms with E-state index in [0.29, 0.717) is 0 Å². The fourth-order valence-corrected chi connectivity index (χ4v) is 10.6. The van der Waals surface area contributed by atoms with Crippen LogP contribution in [0.1, 0.15) is 61.3 Å². The summed E-state index contributed by atoms with van der Waals surface area (Å²) in [5.74, 6) is 1.05. The first kappa shape index (κ1) is 34.9. The Balaban J connectivity index is 0.968. The smallest absolute Gasteiger partial charge is 0.134 e. The molecule has 9 aromatic rings. The molecule has 0 saturated heterocycles. The molecule has 12 rings (SSSR count). The van der Waals surface area contributed by atoms with Crippen molar-refractivity contribution in [2.24, 2.45) is 0 Å². The van der Waals surface area contributed by atoms with Gasteiger partial charge in [-0.3, -0.25) is 0 Å². The third-order valence-electron chi connectivity index (χ3n) is 13.6. The maximum absolute atomic E-state index is 6.60. The Morgan fingerprint density at radius 3 is 1.90 bits per heavy atom. The van der Waals surface area contributed by atoms with E-state index in [9.17, 15) is 0 Å². The Hall–Kier alpha value is -7.10. The molecule has 0 unspecified atom stereocenters. The van der Waals surface area contributed by atoms with Crippen molar-refractivity contribution < 1.29 is 4.42 Å². The first-order valence-electron chi connectivity index (χ1n) is 21.1. The van der Waals surface area contributed by atoms with Crippen LogP contribution in [0.2, 0.25) is 0 Å². The van der Waals surface area contributed by atoms with Crippen LogP contribution in [0, 0.1) is 0 Å². The zero-order valence-corrected chi connectivity index (χ0v) is 34.3. The van der Waals surface area contributed by atoms with E-state index in [0.717, 1.165) is 34.8 Å². The minimum absolute atomic E-state index is 0.115. The average molecular weight is 773 g/mol. The van der Waals surface area contributed by atoms with Crippen molar-refractivity contribution in [1.29, 1.82) is 0 Å². The van der Waals surface area contributed by atoms with Crippen molar-refractivity contribution in [2.75, 3.05) is 9.80 Å². The van der Waals surface area contributed by atoms with Crippen molar-refractivity contribution in [2.45, 2.75) is 44.9 Å². The zero-order valence-electron chi connectivity index (χ0n) is 34.3. The predicted molar refractivity (Wildman–Crippen MR) is 249 cm³/mol. The molecule has 0 bridgehead atoms. The lowest BCUT2D eigenvalue weighted by Gasteiger charge is -2.33. The predicted octanol–water partition coefficient (Wildman–Crippen LogP) is 15.6. The van der Waals surface area contributed by atoms with Crippen LogP contribution in [0.3, 0.4) is 0 Å². The van der Waals surface area contributed by atoms with Crippen LogP contribution in [0.4, 0.5) is 34.1 Å². The van der Waals surface area contributed by atoms with Gasteiger partial charge in [-0.1, -0.05) is 123 Å². The highest BCUT2D eigenvalue weighted by Crippen LogP contribution is 2.55. The van der Waals surface area contributed by atoms with Crippen molar-refractivity contribution in [1.82, 2.24) is 0 Å². The molecular weight excluding hydrogens is 729 g/mol. The Kier molecular flexibility index (Phi) is 7.39. The monoisotopic (exact) mass is 772 g/mol. The number of rotatable bonds is 5. The molecule has 0 fully saturated rings. The lowest BCUT2D eigenvalue weighted by molar-refractivity contribution is 0.465.